The molecule has 0 bridgehead atoms. The molecule has 1 fully saturated rings. The Hall–Kier alpha value is -1.84. The van der Waals surface area contributed by atoms with Crippen LogP contribution in [0, 0.1) is 18.8 Å². The summed E-state index contributed by atoms with van der Waals surface area (Å²) in [6.45, 7) is 6.15. The number of carbonyl (C=O) groups is 2. The van der Waals surface area contributed by atoms with E-state index < -0.39 is 17.8 Å². The van der Waals surface area contributed by atoms with Gasteiger partial charge in [0.05, 0.1) is 11.8 Å². The molecule has 2 unspecified atom stereocenters. The molecule has 1 amide bonds. The zero-order chi connectivity index (χ0) is 16.3. The molecule has 0 heterocycles. The van der Waals surface area contributed by atoms with Gasteiger partial charge < -0.3 is 10.4 Å². The largest absolute Gasteiger partial charge is 0.481 e. The van der Waals surface area contributed by atoms with Gasteiger partial charge in [0.1, 0.15) is 0 Å². The van der Waals surface area contributed by atoms with E-state index in [-0.39, 0.29) is 5.91 Å². The Morgan fingerprint density at radius 2 is 1.82 bits per heavy atom. The van der Waals surface area contributed by atoms with Crippen LogP contribution >= 0.6 is 0 Å². The second-order valence-corrected chi connectivity index (χ2v) is 6.52. The Balaban J connectivity index is 2.23. The summed E-state index contributed by atoms with van der Waals surface area (Å²) in [5.74, 6) is -1.68. The molecule has 1 saturated carbocycles. The molecule has 4 nitrogen and oxygen atoms in total. The van der Waals surface area contributed by atoms with Crippen molar-refractivity contribution < 1.29 is 14.7 Å². The van der Waals surface area contributed by atoms with Crippen LogP contribution in [0.1, 0.15) is 56.6 Å². The molecular formula is C18H25NO3. The number of carbonyl (C=O) groups excluding carboxylic acids is 1. The maximum atomic E-state index is 12.6. The molecule has 0 saturated heterocycles. The monoisotopic (exact) mass is 303 g/mol. The van der Waals surface area contributed by atoms with Crippen LogP contribution < -0.4 is 5.32 Å². The van der Waals surface area contributed by atoms with E-state index in [0.29, 0.717) is 18.8 Å². The number of nitrogens with one attached hydrogen (secondary N) is 1. The number of anilines is 1. The first kappa shape index (κ1) is 16.5. The van der Waals surface area contributed by atoms with Crippen LogP contribution in [0.3, 0.4) is 0 Å². The first-order valence-corrected chi connectivity index (χ1v) is 8.05. The van der Waals surface area contributed by atoms with Crippen LogP contribution in [0.4, 0.5) is 5.69 Å². The number of aryl methyl sites for hydroxylation is 1. The summed E-state index contributed by atoms with van der Waals surface area (Å²) >= 11 is 0. The quantitative estimate of drug-likeness (QED) is 0.885. The Kier molecular flexibility index (Phi) is 5.22. The molecule has 120 valence electrons. The van der Waals surface area contributed by atoms with Gasteiger partial charge in [-0.3, -0.25) is 9.59 Å². The number of aliphatic carboxylic acids is 1. The molecule has 0 radical (unpaired) electrons. The predicted octanol–water partition coefficient (Wildman–Crippen LogP) is 3.95. The van der Waals surface area contributed by atoms with Crippen molar-refractivity contribution >= 4 is 17.6 Å². The van der Waals surface area contributed by atoms with Gasteiger partial charge in [0, 0.05) is 5.69 Å². The fraction of sp³-hybridized carbons (Fsp3) is 0.556. The number of carboxylic acid groups (broad SMARTS) is 1. The molecule has 1 aliphatic carbocycles. The Morgan fingerprint density at radius 3 is 2.41 bits per heavy atom. The number of carboxylic acids is 1. The van der Waals surface area contributed by atoms with Gasteiger partial charge in [-0.15, -0.1) is 0 Å². The Labute approximate surface area is 131 Å². The number of para-hydroxylation sites is 1. The van der Waals surface area contributed by atoms with Crippen LogP contribution in [0.25, 0.3) is 0 Å². The highest BCUT2D eigenvalue weighted by atomic mass is 16.4. The standard InChI is InChI=1S/C18H25NO3/c1-11(2)13-10-6-7-12(3)16(13)19-17(20)14-8-4-5-9-15(14)18(21)22/h6-7,10-11,14-15H,4-5,8-9H2,1-3H3,(H,19,20)(H,21,22). The molecular weight excluding hydrogens is 278 g/mol. The minimum absolute atomic E-state index is 0.150. The molecule has 0 spiro atoms. The predicted molar refractivity (Wildman–Crippen MR) is 87.0 cm³/mol. The molecule has 1 aliphatic rings. The lowest BCUT2D eigenvalue weighted by molar-refractivity contribution is -0.147. The summed E-state index contributed by atoms with van der Waals surface area (Å²) in [5.41, 5.74) is 2.95. The van der Waals surface area contributed by atoms with Gasteiger partial charge in [-0.1, -0.05) is 44.9 Å². The first-order chi connectivity index (χ1) is 10.4. The lowest BCUT2D eigenvalue weighted by Crippen LogP contribution is -2.36. The fourth-order valence-corrected chi connectivity index (χ4v) is 3.30. The van der Waals surface area contributed by atoms with Gasteiger partial charge in [-0.25, -0.2) is 0 Å². The van der Waals surface area contributed by atoms with E-state index in [2.05, 4.69) is 19.2 Å². The number of hydrogen-bond donors (Lipinski definition) is 2. The van der Waals surface area contributed by atoms with Crippen molar-refractivity contribution in [1.82, 2.24) is 0 Å². The molecule has 2 N–H and O–H groups in total. The van der Waals surface area contributed by atoms with Crippen molar-refractivity contribution in [2.24, 2.45) is 11.8 Å². The summed E-state index contributed by atoms with van der Waals surface area (Å²) in [4.78, 5) is 24.0. The van der Waals surface area contributed by atoms with E-state index in [1.807, 2.05) is 25.1 Å². The highest BCUT2D eigenvalue weighted by Crippen LogP contribution is 2.33. The van der Waals surface area contributed by atoms with Gasteiger partial charge in [0.2, 0.25) is 5.91 Å². The average Bonchev–Trinajstić information content (AvgIpc) is 2.48. The van der Waals surface area contributed by atoms with Crippen LogP contribution in [0.5, 0.6) is 0 Å². The third-order valence-electron chi connectivity index (χ3n) is 4.60. The minimum atomic E-state index is -0.853. The number of benzene rings is 1. The van der Waals surface area contributed by atoms with Crippen molar-refractivity contribution in [1.29, 1.82) is 0 Å². The first-order valence-electron chi connectivity index (χ1n) is 8.05. The molecule has 2 rings (SSSR count). The molecule has 22 heavy (non-hydrogen) atoms. The maximum absolute atomic E-state index is 12.6. The number of amides is 1. The van der Waals surface area contributed by atoms with E-state index in [0.717, 1.165) is 29.7 Å². The van der Waals surface area contributed by atoms with E-state index in [1.54, 1.807) is 0 Å². The highest BCUT2D eigenvalue weighted by Gasteiger charge is 2.36. The van der Waals surface area contributed by atoms with Crippen LogP contribution in [-0.2, 0) is 9.59 Å². The molecule has 4 heteroatoms. The topological polar surface area (TPSA) is 66.4 Å². The third kappa shape index (κ3) is 3.49. The Bertz CT molecular complexity index is 565. The zero-order valence-electron chi connectivity index (χ0n) is 13.6. The van der Waals surface area contributed by atoms with E-state index in [9.17, 15) is 14.7 Å². The highest BCUT2D eigenvalue weighted by molar-refractivity contribution is 5.96. The smallest absolute Gasteiger partial charge is 0.307 e. The molecule has 0 aliphatic heterocycles. The second-order valence-electron chi connectivity index (χ2n) is 6.52. The van der Waals surface area contributed by atoms with Gasteiger partial charge >= 0.3 is 5.97 Å². The second kappa shape index (κ2) is 6.95. The molecule has 0 aromatic heterocycles. The summed E-state index contributed by atoms with van der Waals surface area (Å²) in [6.07, 6.45) is 3.07. The normalized spacial score (nSPS) is 21.6. The molecule has 2 atom stereocenters. The lowest BCUT2D eigenvalue weighted by atomic mass is 9.78. The lowest BCUT2D eigenvalue weighted by Gasteiger charge is -2.28. The SMILES string of the molecule is Cc1cccc(C(C)C)c1NC(=O)C1CCCCC1C(=O)O. The summed E-state index contributed by atoms with van der Waals surface area (Å²) in [7, 11) is 0. The summed E-state index contributed by atoms with van der Waals surface area (Å²) in [5, 5.41) is 12.4. The summed E-state index contributed by atoms with van der Waals surface area (Å²) < 4.78 is 0. The van der Waals surface area contributed by atoms with Crippen molar-refractivity contribution in [2.75, 3.05) is 5.32 Å². The molecule has 1 aromatic carbocycles. The van der Waals surface area contributed by atoms with Crippen molar-refractivity contribution in [3.8, 4) is 0 Å². The van der Waals surface area contributed by atoms with E-state index >= 15 is 0 Å². The van der Waals surface area contributed by atoms with Crippen LogP contribution in [-0.4, -0.2) is 17.0 Å². The van der Waals surface area contributed by atoms with Crippen LogP contribution in [0.15, 0.2) is 18.2 Å². The Morgan fingerprint density at radius 1 is 1.18 bits per heavy atom. The number of rotatable bonds is 4. The third-order valence-corrected chi connectivity index (χ3v) is 4.60. The van der Waals surface area contributed by atoms with Gasteiger partial charge in [0.25, 0.3) is 0 Å². The zero-order valence-corrected chi connectivity index (χ0v) is 13.6. The van der Waals surface area contributed by atoms with Crippen molar-refractivity contribution in [2.45, 2.75) is 52.4 Å². The summed E-state index contributed by atoms with van der Waals surface area (Å²) in [6, 6.07) is 5.97. The van der Waals surface area contributed by atoms with Gasteiger partial charge in [0.15, 0.2) is 0 Å². The van der Waals surface area contributed by atoms with Gasteiger partial charge in [-0.2, -0.15) is 0 Å². The number of hydrogen-bond acceptors (Lipinski definition) is 2. The maximum Gasteiger partial charge on any atom is 0.307 e. The van der Waals surface area contributed by atoms with Crippen molar-refractivity contribution in [3.63, 3.8) is 0 Å². The average molecular weight is 303 g/mol. The minimum Gasteiger partial charge on any atom is -0.481 e. The van der Waals surface area contributed by atoms with Crippen molar-refractivity contribution in [3.05, 3.63) is 29.3 Å². The fourth-order valence-electron chi connectivity index (χ4n) is 3.30. The molecule has 1 aromatic rings. The van der Waals surface area contributed by atoms with E-state index in [4.69, 9.17) is 0 Å². The van der Waals surface area contributed by atoms with Crippen LogP contribution in [0.2, 0.25) is 0 Å². The van der Waals surface area contributed by atoms with Gasteiger partial charge in [-0.05, 0) is 36.8 Å². The van der Waals surface area contributed by atoms with E-state index in [1.165, 1.54) is 0 Å².